The van der Waals surface area contributed by atoms with E-state index in [4.69, 9.17) is 5.73 Å². The molecule has 0 fully saturated rings. The van der Waals surface area contributed by atoms with Gasteiger partial charge in [0.2, 0.25) is 5.91 Å². The zero-order chi connectivity index (χ0) is 28.8. The molecular weight excluding hydrogens is 543 g/mol. The highest BCUT2D eigenvalue weighted by Crippen LogP contribution is 2.33. The summed E-state index contributed by atoms with van der Waals surface area (Å²) in [6.45, 7) is 0. The Hall–Kier alpha value is -4.78. The predicted molar refractivity (Wildman–Crippen MR) is 181 cm³/mol. The Morgan fingerprint density at radius 1 is 0.357 bits per heavy atom. The second-order valence-corrected chi connectivity index (χ2v) is 19.1. The van der Waals surface area contributed by atoms with E-state index in [1.165, 1.54) is 31.1 Å². The van der Waals surface area contributed by atoms with E-state index in [9.17, 15) is 4.79 Å². The van der Waals surface area contributed by atoms with Crippen molar-refractivity contribution in [2.75, 3.05) is 0 Å². The third kappa shape index (κ3) is 4.55. The van der Waals surface area contributed by atoms with E-state index in [0.29, 0.717) is 0 Å². The van der Waals surface area contributed by atoms with Gasteiger partial charge in [-0.1, -0.05) is 182 Å². The quantitative estimate of drug-likeness (QED) is 0.207. The van der Waals surface area contributed by atoms with Gasteiger partial charge in [-0.25, -0.2) is 0 Å². The smallest absolute Gasteiger partial charge is 0.217 e. The molecule has 0 aliphatic carbocycles. The summed E-state index contributed by atoms with van der Waals surface area (Å²) in [6.07, 6.45) is 0. The van der Waals surface area contributed by atoms with E-state index in [1.54, 1.807) is 0 Å². The highest BCUT2D eigenvalue weighted by atomic mass is 28.4. The molecule has 204 valence electrons. The molecule has 0 aliphatic heterocycles. The van der Waals surface area contributed by atoms with Gasteiger partial charge in [0.25, 0.3) is 0 Å². The Bertz CT molecular complexity index is 1410. The van der Waals surface area contributed by atoms with Crippen molar-refractivity contribution in [3.8, 4) is 0 Å². The Balaban J connectivity index is 1.88. The van der Waals surface area contributed by atoms with Gasteiger partial charge in [0.05, 0.1) is 5.16 Å². The Kier molecular flexibility index (Phi) is 7.82. The minimum atomic E-state index is -3.21. The van der Waals surface area contributed by atoms with Gasteiger partial charge in [0, 0.05) is 0 Å². The molecule has 2 N–H and O–H groups in total. The fraction of sp³-hybridized carbons (Fsp3) is 0.0263. The van der Waals surface area contributed by atoms with Crippen molar-refractivity contribution >= 4 is 53.2 Å². The molecule has 0 bridgehead atoms. The summed E-state index contributed by atoms with van der Waals surface area (Å²) in [7, 11) is -6.43. The first-order valence-corrected chi connectivity index (χ1v) is 18.5. The molecule has 0 heterocycles. The molecular formula is C38H33NOSi2. The van der Waals surface area contributed by atoms with Gasteiger partial charge in [-0.3, -0.25) is 4.79 Å². The summed E-state index contributed by atoms with van der Waals surface area (Å²) in [5.41, 5.74) is 6.86. The van der Waals surface area contributed by atoms with Gasteiger partial charge in [-0.2, -0.15) is 0 Å². The summed E-state index contributed by atoms with van der Waals surface area (Å²) < 4.78 is 0. The molecule has 6 rings (SSSR count). The lowest BCUT2D eigenvalue weighted by Gasteiger charge is -2.49. The van der Waals surface area contributed by atoms with Crippen molar-refractivity contribution in [3.63, 3.8) is 0 Å². The van der Waals surface area contributed by atoms with E-state index < -0.39 is 21.3 Å². The number of primary amides is 1. The van der Waals surface area contributed by atoms with Crippen LogP contribution >= 0.6 is 0 Å². The molecule has 4 heteroatoms. The lowest BCUT2D eigenvalue weighted by atomic mass is 10.3. The maximum Gasteiger partial charge on any atom is 0.217 e. The third-order valence-electron chi connectivity index (χ3n) is 8.53. The first-order valence-electron chi connectivity index (χ1n) is 14.3. The molecule has 0 saturated carbocycles. The molecule has 2 nitrogen and oxygen atoms in total. The number of hydrogen-bond acceptors (Lipinski definition) is 1. The first-order chi connectivity index (χ1) is 20.7. The third-order valence-corrected chi connectivity index (χ3v) is 20.9. The molecule has 0 saturated heterocycles. The molecule has 0 aliphatic rings. The normalized spacial score (nSPS) is 11.7. The first kappa shape index (κ1) is 27.4. The average Bonchev–Trinajstić information content (AvgIpc) is 3.07. The summed E-state index contributed by atoms with van der Waals surface area (Å²) in [6, 6.07) is 64.0. The number of benzene rings is 6. The van der Waals surface area contributed by atoms with Crippen LogP contribution in [0.3, 0.4) is 0 Å². The lowest BCUT2D eigenvalue weighted by molar-refractivity contribution is -0.116. The van der Waals surface area contributed by atoms with E-state index in [-0.39, 0.29) is 5.91 Å². The van der Waals surface area contributed by atoms with Crippen LogP contribution in [-0.2, 0) is 4.79 Å². The van der Waals surface area contributed by atoms with Crippen molar-refractivity contribution < 1.29 is 4.79 Å². The van der Waals surface area contributed by atoms with Crippen LogP contribution in [0.2, 0.25) is 5.16 Å². The van der Waals surface area contributed by atoms with E-state index in [2.05, 4.69) is 146 Å². The molecule has 1 amide bonds. The second kappa shape index (κ2) is 12.0. The summed E-state index contributed by atoms with van der Waals surface area (Å²) >= 11 is 0. The predicted octanol–water partition coefficient (Wildman–Crippen LogP) is 3.72. The Morgan fingerprint density at radius 3 is 0.667 bits per heavy atom. The number of carbonyl (C=O) groups excluding carboxylic acids is 1. The second-order valence-electron chi connectivity index (χ2n) is 10.6. The van der Waals surface area contributed by atoms with Gasteiger partial charge in [0.1, 0.15) is 0 Å². The number of carbonyl (C=O) groups is 1. The number of rotatable bonds is 9. The largest absolute Gasteiger partial charge is 0.370 e. The van der Waals surface area contributed by atoms with Crippen LogP contribution in [0.25, 0.3) is 0 Å². The van der Waals surface area contributed by atoms with Crippen molar-refractivity contribution in [1.82, 2.24) is 0 Å². The molecule has 0 unspecified atom stereocenters. The van der Waals surface area contributed by atoms with Crippen molar-refractivity contribution in [3.05, 3.63) is 182 Å². The van der Waals surface area contributed by atoms with Crippen LogP contribution in [0.1, 0.15) is 0 Å². The van der Waals surface area contributed by atoms with Crippen LogP contribution in [0.4, 0.5) is 0 Å². The molecule has 6 aromatic rings. The number of hydrogen-bond donors (Lipinski definition) is 1. The minimum Gasteiger partial charge on any atom is -0.370 e. The molecule has 42 heavy (non-hydrogen) atoms. The number of nitrogens with two attached hydrogens (primary N) is 1. The van der Waals surface area contributed by atoms with Gasteiger partial charge in [-0.05, 0) is 31.1 Å². The average molecular weight is 576 g/mol. The fourth-order valence-corrected chi connectivity index (χ4v) is 21.7. The molecule has 0 spiro atoms. The lowest BCUT2D eigenvalue weighted by Crippen LogP contribution is -2.84. The van der Waals surface area contributed by atoms with Gasteiger partial charge < -0.3 is 5.73 Å². The van der Waals surface area contributed by atoms with E-state index in [0.717, 1.165) is 0 Å². The minimum absolute atomic E-state index is 0.263. The maximum atomic E-state index is 14.7. The summed E-state index contributed by atoms with van der Waals surface area (Å²) in [5.74, 6) is -0.263. The Labute approximate surface area is 250 Å². The van der Waals surface area contributed by atoms with Gasteiger partial charge >= 0.3 is 0 Å². The van der Waals surface area contributed by atoms with Crippen LogP contribution in [-0.4, -0.2) is 22.1 Å². The van der Waals surface area contributed by atoms with Crippen molar-refractivity contribution in [1.29, 1.82) is 0 Å². The van der Waals surface area contributed by atoms with Crippen LogP contribution in [0.15, 0.2) is 182 Å². The highest BCUT2D eigenvalue weighted by molar-refractivity contribution is 7.29. The van der Waals surface area contributed by atoms with Gasteiger partial charge in [-0.15, -0.1) is 0 Å². The van der Waals surface area contributed by atoms with Crippen LogP contribution in [0, 0.1) is 0 Å². The van der Waals surface area contributed by atoms with Crippen molar-refractivity contribution in [2.24, 2.45) is 5.73 Å². The highest BCUT2D eigenvalue weighted by Gasteiger charge is 2.61. The van der Waals surface area contributed by atoms with Crippen LogP contribution in [0.5, 0.6) is 0 Å². The molecule has 0 radical (unpaired) electrons. The maximum absolute atomic E-state index is 14.7. The standard InChI is InChI=1S/C38H33NOSi2/c39-37(40)38(41(31-19-7-1-8-20-31,32-21-9-2-10-22-32)33-23-11-3-12-24-33)42(34-25-13-4-14-26-34,35-27-15-5-16-28-35)36-29-17-6-18-30-36/h1-30,38H,(H2,39,40). The van der Waals surface area contributed by atoms with Gasteiger partial charge in [0.15, 0.2) is 16.1 Å². The molecule has 0 aromatic heterocycles. The topological polar surface area (TPSA) is 43.1 Å². The number of amides is 1. The van der Waals surface area contributed by atoms with E-state index >= 15 is 0 Å². The van der Waals surface area contributed by atoms with Crippen LogP contribution < -0.4 is 36.9 Å². The molecule has 0 atom stereocenters. The monoisotopic (exact) mass is 575 g/mol. The van der Waals surface area contributed by atoms with E-state index in [1.807, 2.05) is 36.4 Å². The molecule has 6 aromatic carbocycles. The Morgan fingerprint density at radius 2 is 0.524 bits per heavy atom. The summed E-state index contributed by atoms with van der Waals surface area (Å²) in [5, 5.41) is 6.52. The zero-order valence-corrected chi connectivity index (χ0v) is 25.4. The summed E-state index contributed by atoms with van der Waals surface area (Å²) in [4.78, 5) is 14.7. The zero-order valence-electron chi connectivity index (χ0n) is 23.4. The fourth-order valence-electron chi connectivity index (χ4n) is 6.96. The SMILES string of the molecule is NC(=O)C([Si](c1ccccc1)(c1ccccc1)c1ccccc1)[Si](c1ccccc1)(c1ccccc1)c1ccccc1. The van der Waals surface area contributed by atoms with Crippen molar-refractivity contribution in [2.45, 2.75) is 5.16 Å².